The smallest absolute Gasteiger partial charge is 0.260 e. The molecule has 0 radical (unpaired) electrons. The van der Waals surface area contributed by atoms with Crippen molar-refractivity contribution in [1.82, 2.24) is 26.3 Å². The number of amidine groups is 1. The fourth-order valence-electron chi connectivity index (χ4n) is 3.49. The Balaban J connectivity index is 1.60. The van der Waals surface area contributed by atoms with Crippen LogP contribution in [0.1, 0.15) is 25.8 Å². The quantitative estimate of drug-likeness (QED) is 0.234. The Labute approximate surface area is 222 Å². The Morgan fingerprint density at radius 1 is 1.11 bits per heavy atom. The van der Waals surface area contributed by atoms with Crippen LogP contribution in [0.25, 0.3) is 0 Å². The first kappa shape index (κ1) is 28.1. The van der Waals surface area contributed by atoms with E-state index in [9.17, 15) is 14.4 Å². The molecule has 1 aliphatic heterocycles. The molecule has 2 aromatic rings. The number of amides is 3. The Hall–Kier alpha value is -4.51. The van der Waals surface area contributed by atoms with Crippen LogP contribution in [0.4, 0.5) is 11.4 Å². The second-order valence-corrected chi connectivity index (χ2v) is 8.55. The van der Waals surface area contributed by atoms with Crippen molar-refractivity contribution in [3.63, 3.8) is 0 Å². The Morgan fingerprint density at radius 3 is 2.55 bits per heavy atom. The Morgan fingerprint density at radius 2 is 1.84 bits per heavy atom. The molecule has 1 aliphatic rings. The molecule has 0 saturated carbocycles. The SMILES string of the molecule is C=CC(=O)N[C@@H](C)C(=O)Nc1cccc(NC(=O)C2=CNC(NCCc3ccncc3)N=C2NCCC)c1. The van der Waals surface area contributed by atoms with Gasteiger partial charge in [0.25, 0.3) is 5.91 Å². The average Bonchev–Trinajstić information content (AvgIpc) is 2.92. The maximum Gasteiger partial charge on any atom is 0.260 e. The molecule has 2 atom stereocenters. The summed E-state index contributed by atoms with van der Waals surface area (Å²) in [5, 5.41) is 17.8. The van der Waals surface area contributed by atoms with Gasteiger partial charge < -0.3 is 26.6 Å². The van der Waals surface area contributed by atoms with Gasteiger partial charge in [0, 0.05) is 43.1 Å². The molecule has 0 saturated heterocycles. The molecular formula is C27H34N8O3. The van der Waals surface area contributed by atoms with Crippen LogP contribution in [0.5, 0.6) is 0 Å². The van der Waals surface area contributed by atoms with Crippen LogP contribution in [0, 0.1) is 0 Å². The molecule has 38 heavy (non-hydrogen) atoms. The highest BCUT2D eigenvalue weighted by atomic mass is 16.2. The van der Waals surface area contributed by atoms with E-state index in [-0.39, 0.29) is 12.2 Å². The summed E-state index contributed by atoms with van der Waals surface area (Å²) in [6.45, 7) is 8.33. The minimum Gasteiger partial charge on any atom is -0.370 e. The zero-order chi connectivity index (χ0) is 27.3. The first-order valence-corrected chi connectivity index (χ1v) is 12.5. The number of nitrogens with zero attached hydrogens (tertiary/aromatic N) is 2. The number of carbonyl (C=O) groups excluding carboxylic acids is 3. The molecule has 1 aromatic heterocycles. The average molecular weight is 519 g/mol. The van der Waals surface area contributed by atoms with Crippen LogP contribution in [-0.4, -0.2) is 54.0 Å². The number of nitrogens with one attached hydrogen (secondary N) is 6. The molecule has 6 N–H and O–H groups in total. The monoisotopic (exact) mass is 518 g/mol. The molecule has 0 fully saturated rings. The standard InChI is InChI=1S/C27H34N8O3/c1-4-12-29-24-22(17-31-27(35-24)30-15-11-19-9-13-28-14-10-19)26(38)34-21-8-6-7-20(16-21)33-25(37)18(3)32-23(36)5-2/h5-10,13-14,16-18,27,30-31H,2,4,11-12,15H2,1,3H3,(H,29,35)(H,32,36)(H,33,37)(H,34,38)/t18-,27?/m0/s1. The first-order chi connectivity index (χ1) is 18.4. The summed E-state index contributed by atoms with van der Waals surface area (Å²) in [7, 11) is 0. The zero-order valence-corrected chi connectivity index (χ0v) is 21.6. The van der Waals surface area contributed by atoms with Gasteiger partial charge in [0.1, 0.15) is 11.9 Å². The van der Waals surface area contributed by atoms with E-state index < -0.39 is 17.9 Å². The van der Waals surface area contributed by atoms with E-state index in [0.717, 1.165) is 18.9 Å². The molecule has 0 spiro atoms. The van der Waals surface area contributed by atoms with Crippen molar-refractivity contribution in [2.75, 3.05) is 23.7 Å². The maximum absolute atomic E-state index is 13.1. The number of anilines is 2. The fourth-order valence-corrected chi connectivity index (χ4v) is 3.49. The van der Waals surface area contributed by atoms with E-state index in [1.807, 2.05) is 19.1 Å². The van der Waals surface area contributed by atoms with Gasteiger partial charge in [0.05, 0.1) is 5.57 Å². The number of aromatic nitrogens is 1. The molecule has 3 amide bonds. The second-order valence-electron chi connectivity index (χ2n) is 8.55. The van der Waals surface area contributed by atoms with Crippen LogP contribution in [0.15, 0.2) is 78.2 Å². The lowest BCUT2D eigenvalue weighted by Crippen LogP contribution is -2.46. The van der Waals surface area contributed by atoms with E-state index in [4.69, 9.17) is 0 Å². The van der Waals surface area contributed by atoms with Crippen molar-refractivity contribution in [1.29, 1.82) is 0 Å². The predicted octanol–water partition coefficient (Wildman–Crippen LogP) is 1.65. The number of rotatable bonds is 12. The maximum atomic E-state index is 13.1. The van der Waals surface area contributed by atoms with Gasteiger partial charge >= 0.3 is 0 Å². The Kier molecular flexibility index (Phi) is 10.6. The van der Waals surface area contributed by atoms with Gasteiger partial charge in [-0.1, -0.05) is 19.6 Å². The van der Waals surface area contributed by atoms with Crippen LogP contribution >= 0.6 is 0 Å². The van der Waals surface area contributed by atoms with Crippen LogP contribution in [0.3, 0.4) is 0 Å². The highest BCUT2D eigenvalue weighted by Crippen LogP contribution is 2.17. The third kappa shape index (κ3) is 8.56. The van der Waals surface area contributed by atoms with Crippen LogP contribution < -0.4 is 31.9 Å². The second kappa shape index (κ2) is 14.3. The van der Waals surface area contributed by atoms with Gasteiger partial charge in [-0.2, -0.15) is 0 Å². The molecule has 1 unspecified atom stereocenters. The number of hydrogen-bond donors (Lipinski definition) is 6. The zero-order valence-electron chi connectivity index (χ0n) is 21.6. The van der Waals surface area contributed by atoms with Gasteiger partial charge in [-0.05, 0) is 61.7 Å². The molecule has 1 aromatic carbocycles. The highest BCUT2D eigenvalue weighted by Gasteiger charge is 2.22. The van der Waals surface area contributed by atoms with Crippen molar-refractivity contribution in [3.8, 4) is 0 Å². The van der Waals surface area contributed by atoms with Gasteiger partial charge in [-0.3, -0.25) is 24.7 Å². The van der Waals surface area contributed by atoms with Gasteiger partial charge in [0.15, 0.2) is 6.29 Å². The number of pyridine rings is 1. The molecule has 2 heterocycles. The summed E-state index contributed by atoms with van der Waals surface area (Å²) in [6.07, 6.45) is 7.57. The first-order valence-electron chi connectivity index (χ1n) is 12.5. The predicted molar refractivity (Wildman–Crippen MR) is 148 cm³/mol. The number of benzene rings is 1. The van der Waals surface area contributed by atoms with Crippen molar-refractivity contribution < 1.29 is 14.4 Å². The lowest BCUT2D eigenvalue weighted by Gasteiger charge is -2.24. The van der Waals surface area contributed by atoms with Crippen LogP contribution in [-0.2, 0) is 20.8 Å². The van der Waals surface area contributed by atoms with Gasteiger partial charge in [-0.15, -0.1) is 0 Å². The van der Waals surface area contributed by atoms with E-state index in [1.54, 1.807) is 49.8 Å². The summed E-state index contributed by atoms with van der Waals surface area (Å²) in [5.74, 6) is -0.710. The molecular weight excluding hydrogens is 484 g/mol. The molecule has 11 heteroatoms. The van der Waals surface area contributed by atoms with E-state index >= 15 is 0 Å². The van der Waals surface area contributed by atoms with Gasteiger partial charge in [0.2, 0.25) is 11.8 Å². The minimum absolute atomic E-state index is 0.356. The van der Waals surface area contributed by atoms with E-state index in [2.05, 4.69) is 48.5 Å². The van der Waals surface area contributed by atoms with Crippen molar-refractivity contribution in [2.45, 2.75) is 39.0 Å². The molecule has 0 bridgehead atoms. The van der Waals surface area contributed by atoms with Gasteiger partial charge in [-0.25, -0.2) is 4.99 Å². The lowest BCUT2D eigenvalue weighted by atomic mass is 10.2. The molecule has 0 aliphatic carbocycles. The third-order valence-corrected chi connectivity index (χ3v) is 5.51. The van der Waals surface area contributed by atoms with Crippen LogP contribution in [0.2, 0.25) is 0 Å². The molecule has 3 rings (SSSR count). The minimum atomic E-state index is -0.758. The number of hydrogen-bond acceptors (Lipinski definition) is 8. The summed E-state index contributed by atoms with van der Waals surface area (Å²) in [6, 6.07) is 9.93. The molecule has 11 nitrogen and oxygen atoms in total. The molecule has 200 valence electrons. The Bertz CT molecular complexity index is 1200. The number of aliphatic imine (C=N–C) groups is 1. The van der Waals surface area contributed by atoms with E-state index in [0.29, 0.717) is 35.9 Å². The van der Waals surface area contributed by atoms with E-state index in [1.165, 1.54) is 5.56 Å². The van der Waals surface area contributed by atoms with Crippen molar-refractivity contribution in [3.05, 3.63) is 78.8 Å². The number of carbonyl (C=O) groups is 3. The van der Waals surface area contributed by atoms with Crippen molar-refractivity contribution in [2.24, 2.45) is 4.99 Å². The summed E-state index contributed by atoms with van der Waals surface area (Å²) >= 11 is 0. The third-order valence-electron chi connectivity index (χ3n) is 5.51. The lowest BCUT2D eigenvalue weighted by molar-refractivity contribution is -0.123. The largest absolute Gasteiger partial charge is 0.370 e. The topological polar surface area (TPSA) is 149 Å². The summed E-state index contributed by atoms with van der Waals surface area (Å²) in [5.41, 5.74) is 2.49. The fraction of sp³-hybridized carbons (Fsp3) is 0.296. The summed E-state index contributed by atoms with van der Waals surface area (Å²) < 4.78 is 0. The normalized spacial score (nSPS) is 15.2. The highest BCUT2D eigenvalue weighted by molar-refractivity contribution is 6.24. The van der Waals surface area contributed by atoms with Crippen molar-refractivity contribution >= 4 is 34.9 Å². The summed E-state index contributed by atoms with van der Waals surface area (Å²) in [4.78, 5) is 45.6.